The van der Waals surface area contributed by atoms with Gasteiger partial charge in [-0.05, 0) is 37.1 Å². The molecule has 1 rings (SSSR count). The van der Waals surface area contributed by atoms with E-state index in [0.29, 0.717) is 18.4 Å². The third-order valence-corrected chi connectivity index (χ3v) is 2.93. The molecule has 23 heavy (non-hydrogen) atoms. The summed E-state index contributed by atoms with van der Waals surface area (Å²) in [5.74, 6) is -0.725. The Morgan fingerprint density at radius 2 is 1.65 bits per heavy atom. The maximum absolute atomic E-state index is 11.4. The number of hydrogen-bond donors (Lipinski definition) is 0. The predicted molar refractivity (Wildman–Crippen MR) is 88.2 cm³/mol. The van der Waals surface area contributed by atoms with Gasteiger partial charge in [0.25, 0.3) is 0 Å². The Morgan fingerprint density at radius 3 is 2.22 bits per heavy atom. The highest BCUT2D eigenvalue weighted by Crippen LogP contribution is 2.14. The molecule has 0 heterocycles. The smallest absolute Gasteiger partial charge is 0.463 e. The summed E-state index contributed by atoms with van der Waals surface area (Å²) in [5, 5.41) is 0. The van der Waals surface area contributed by atoms with Gasteiger partial charge in [0.05, 0.1) is 18.8 Å². The summed E-state index contributed by atoms with van der Waals surface area (Å²) in [6.45, 7) is 3.65. The second kappa shape index (κ2) is 10.6. The number of hydrogen-bond acceptors (Lipinski definition) is 7. The van der Waals surface area contributed by atoms with Crippen LogP contribution in [0.5, 0.6) is 5.75 Å². The van der Waals surface area contributed by atoms with E-state index >= 15 is 0 Å². The summed E-state index contributed by atoms with van der Waals surface area (Å²) in [4.78, 5) is 33.4. The van der Waals surface area contributed by atoms with Gasteiger partial charge in [0.1, 0.15) is 5.75 Å². The fraction of sp³-hybridized carbons (Fsp3) is 0.267. The molecule has 0 amide bonds. The lowest BCUT2D eigenvalue weighted by atomic mass is 10.2. The molecule has 0 spiro atoms. The zero-order chi connectivity index (χ0) is 17.1. The predicted octanol–water partition coefficient (Wildman–Crippen LogP) is 3.22. The topological polar surface area (TPSA) is 88.1 Å². The largest absolute Gasteiger partial charge is 0.513 e. The summed E-state index contributed by atoms with van der Waals surface area (Å²) in [5.41, 5.74) is 0.342. The molecule has 0 aliphatic rings. The van der Waals surface area contributed by atoms with Crippen molar-refractivity contribution in [2.45, 2.75) is 12.8 Å². The molecule has 7 nitrogen and oxygen atoms in total. The summed E-state index contributed by atoms with van der Waals surface area (Å²) in [6, 6.07) is 5.85. The van der Waals surface area contributed by atoms with Crippen molar-refractivity contribution in [1.82, 2.24) is 0 Å². The molecular formula is C15H15IO7. The molecular weight excluding hydrogens is 419 g/mol. The van der Waals surface area contributed by atoms with E-state index in [0.717, 1.165) is 6.08 Å². The van der Waals surface area contributed by atoms with Gasteiger partial charge < -0.3 is 17.3 Å². The molecule has 0 saturated heterocycles. The van der Waals surface area contributed by atoms with Crippen LogP contribution >= 0.6 is 23.0 Å². The number of rotatable bonds is 8. The van der Waals surface area contributed by atoms with Crippen molar-refractivity contribution in [3.05, 3.63) is 42.5 Å². The molecule has 0 aliphatic carbocycles. The summed E-state index contributed by atoms with van der Waals surface area (Å²) in [6.07, 6.45) is 1.32. The van der Waals surface area contributed by atoms with E-state index in [1.54, 1.807) is 0 Å². The number of ether oxygens (including phenoxy) is 3. The minimum Gasteiger partial charge on any atom is -0.463 e. The van der Waals surface area contributed by atoms with E-state index in [9.17, 15) is 14.4 Å². The Balaban J connectivity index is 2.22. The van der Waals surface area contributed by atoms with Crippen molar-refractivity contribution in [3.63, 3.8) is 0 Å². The third-order valence-electron chi connectivity index (χ3n) is 2.53. The van der Waals surface area contributed by atoms with Crippen molar-refractivity contribution in [2.75, 3.05) is 13.2 Å². The second-order valence-corrected chi connectivity index (χ2v) is 4.61. The number of benzene rings is 1. The first kappa shape index (κ1) is 18.9. The number of esters is 1. The minimum absolute atomic E-state index is 0.143. The Labute approximate surface area is 147 Å². The van der Waals surface area contributed by atoms with E-state index in [-0.39, 0.29) is 19.0 Å². The molecule has 1 aromatic rings. The second-order valence-electron chi connectivity index (χ2n) is 4.17. The first-order valence-corrected chi connectivity index (χ1v) is 7.51. The Morgan fingerprint density at radius 1 is 1.04 bits per heavy atom. The number of unbranched alkanes of at least 4 members (excludes halogenated alkanes) is 1. The lowest BCUT2D eigenvalue weighted by Crippen LogP contribution is -2.12. The zero-order valence-corrected chi connectivity index (χ0v) is 14.3. The Hall–Kier alpha value is -2.10. The van der Waals surface area contributed by atoms with Crippen molar-refractivity contribution in [3.8, 4) is 5.75 Å². The number of carbonyl (C=O) groups excluding carboxylic acids is 3. The molecule has 1 aromatic carbocycles. The van der Waals surface area contributed by atoms with Crippen LogP contribution in [0.25, 0.3) is 0 Å². The van der Waals surface area contributed by atoms with Crippen molar-refractivity contribution >= 4 is 41.1 Å². The molecule has 0 radical (unpaired) electrons. The summed E-state index contributed by atoms with van der Waals surface area (Å²) >= 11 is 1.49. The molecule has 0 N–H and O–H groups in total. The van der Waals surface area contributed by atoms with Crippen LogP contribution in [0.1, 0.15) is 23.2 Å². The van der Waals surface area contributed by atoms with E-state index < -0.39 is 18.1 Å². The molecule has 0 aliphatic heterocycles. The Bertz CT molecular complexity index is 553. The van der Waals surface area contributed by atoms with Gasteiger partial charge in [0.15, 0.2) is 23.0 Å². The van der Waals surface area contributed by atoms with Crippen LogP contribution in [-0.4, -0.2) is 31.3 Å². The molecule has 0 unspecified atom stereocenters. The fourth-order valence-corrected chi connectivity index (χ4v) is 1.67. The van der Waals surface area contributed by atoms with Gasteiger partial charge in [0.2, 0.25) is 0 Å². The highest BCUT2D eigenvalue weighted by atomic mass is 127. The van der Waals surface area contributed by atoms with E-state index in [1.165, 1.54) is 47.3 Å². The maximum atomic E-state index is 11.4. The van der Waals surface area contributed by atoms with Crippen LogP contribution in [0.4, 0.5) is 4.79 Å². The van der Waals surface area contributed by atoms with Gasteiger partial charge in [-0.2, -0.15) is 0 Å². The molecule has 0 bridgehead atoms. The van der Waals surface area contributed by atoms with Crippen LogP contribution in [-0.2, 0) is 17.3 Å². The monoisotopic (exact) mass is 434 g/mol. The molecule has 0 fully saturated rings. The quantitative estimate of drug-likeness (QED) is 0.204. The van der Waals surface area contributed by atoms with Crippen molar-refractivity contribution in [1.29, 1.82) is 0 Å². The standard InChI is InChI=1S/C15H15IO7/c1-2-13(17)20-9-3-4-10-21-15(19)22-12-7-5-11(6-8-12)14(18)23-16/h2,5-8H,1,3-4,9-10H2. The average Bonchev–Trinajstić information content (AvgIpc) is 2.57. The molecule has 124 valence electrons. The number of halogens is 1. The lowest BCUT2D eigenvalue weighted by Gasteiger charge is -2.06. The molecule has 0 aromatic heterocycles. The minimum atomic E-state index is -0.850. The summed E-state index contributed by atoms with van der Waals surface area (Å²) in [7, 11) is 0. The SMILES string of the molecule is C=CC(=O)OCCCCOC(=O)Oc1ccc(C(=O)OI)cc1. The van der Waals surface area contributed by atoms with Crippen LogP contribution < -0.4 is 4.74 Å². The van der Waals surface area contributed by atoms with Gasteiger partial charge in [-0.3, -0.25) is 0 Å². The van der Waals surface area contributed by atoms with Crippen LogP contribution in [0.2, 0.25) is 0 Å². The van der Waals surface area contributed by atoms with Crippen LogP contribution in [0.3, 0.4) is 0 Å². The van der Waals surface area contributed by atoms with Gasteiger partial charge in [-0.15, -0.1) is 0 Å². The third kappa shape index (κ3) is 7.63. The van der Waals surface area contributed by atoms with E-state index in [2.05, 4.69) is 9.65 Å². The van der Waals surface area contributed by atoms with Crippen LogP contribution in [0.15, 0.2) is 36.9 Å². The van der Waals surface area contributed by atoms with Gasteiger partial charge in [-0.25, -0.2) is 14.4 Å². The van der Waals surface area contributed by atoms with Gasteiger partial charge in [-0.1, -0.05) is 6.58 Å². The maximum Gasteiger partial charge on any atom is 0.513 e. The first-order valence-electron chi connectivity index (χ1n) is 6.63. The highest BCUT2D eigenvalue weighted by molar-refractivity contribution is 14.1. The lowest BCUT2D eigenvalue weighted by molar-refractivity contribution is -0.137. The molecule has 0 atom stereocenters. The van der Waals surface area contributed by atoms with Crippen molar-refractivity contribution in [2.24, 2.45) is 0 Å². The Kier molecular flexibility index (Phi) is 8.73. The molecule has 8 heteroatoms. The number of carbonyl (C=O) groups is 3. The highest BCUT2D eigenvalue weighted by Gasteiger charge is 2.09. The summed E-state index contributed by atoms with van der Waals surface area (Å²) < 4.78 is 19.1. The van der Waals surface area contributed by atoms with Crippen LogP contribution in [0, 0.1) is 0 Å². The van der Waals surface area contributed by atoms with Crippen molar-refractivity contribution < 1.29 is 31.7 Å². The zero-order valence-electron chi connectivity index (χ0n) is 12.2. The van der Waals surface area contributed by atoms with Gasteiger partial charge in [0, 0.05) is 6.08 Å². The van der Waals surface area contributed by atoms with E-state index in [4.69, 9.17) is 14.2 Å². The molecule has 0 saturated carbocycles. The van der Waals surface area contributed by atoms with E-state index in [1.807, 2.05) is 0 Å². The first-order chi connectivity index (χ1) is 11.1. The average molecular weight is 434 g/mol. The van der Waals surface area contributed by atoms with Gasteiger partial charge >= 0.3 is 18.1 Å². The normalized spacial score (nSPS) is 9.61. The fourth-order valence-electron chi connectivity index (χ4n) is 1.42.